The molecule has 1 aliphatic heterocycles. The van der Waals surface area contributed by atoms with Crippen molar-refractivity contribution in [3.8, 4) is 6.07 Å². The molecule has 3 aliphatic carbocycles. The van der Waals surface area contributed by atoms with Gasteiger partial charge in [-0.15, -0.1) is 0 Å². The number of hydrogen-bond donors (Lipinski definition) is 3. The van der Waals surface area contributed by atoms with E-state index in [4.69, 9.17) is 17.3 Å². The van der Waals surface area contributed by atoms with Gasteiger partial charge in [0, 0.05) is 23.2 Å². The first-order valence-electron chi connectivity index (χ1n) is 14.5. The number of urea groups is 1. The smallest absolute Gasteiger partial charge is 0.322 e. The first-order valence-corrected chi connectivity index (χ1v) is 14.9. The molecule has 9 heteroatoms. The topological polar surface area (TPSA) is 111 Å². The van der Waals surface area contributed by atoms with Gasteiger partial charge in [-0.2, -0.15) is 5.26 Å². The molecule has 7 nitrogen and oxygen atoms in total. The Morgan fingerprint density at radius 1 is 1.14 bits per heavy atom. The van der Waals surface area contributed by atoms with Crippen LogP contribution in [0.4, 0.5) is 20.6 Å². The van der Waals surface area contributed by atoms with Crippen LogP contribution in [0.25, 0.3) is 0 Å². The minimum atomic E-state index is -0.880. The number of nitrogens with one attached hydrogen (secondary N) is 2. The molecule has 1 heterocycles. The van der Waals surface area contributed by atoms with Crippen molar-refractivity contribution in [3.05, 3.63) is 93.8 Å². The monoisotopic (exact) mass is 585 g/mol. The number of carbonyl (C=O) groups excluding carboxylic acids is 2. The predicted octanol–water partition coefficient (Wildman–Crippen LogP) is 6.79. The highest BCUT2D eigenvalue weighted by molar-refractivity contribution is 6.30. The first kappa shape index (κ1) is 28.2. The fraction of sp³-hybridized carbons (Fsp3) is 0.364. The molecule has 0 spiro atoms. The number of nitrogens with two attached hydrogens (primary N) is 1. The van der Waals surface area contributed by atoms with E-state index in [0.717, 1.165) is 29.6 Å². The second-order valence-corrected chi connectivity index (χ2v) is 12.2. The van der Waals surface area contributed by atoms with Crippen molar-refractivity contribution < 1.29 is 14.0 Å². The van der Waals surface area contributed by atoms with Crippen LogP contribution in [0.5, 0.6) is 0 Å². The molecule has 1 saturated heterocycles. The lowest BCUT2D eigenvalue weighted by molar-refractivity contribution is -0.119. The largest absolute Gasteiger partial charge is 0.322 e. The van der Waals surface area contributed by atoms with Gasteiger partial charge in [0.1, 0.15) is 11.9 Å². The summed E-state index contributed by atoms with van der Waals surface area (Å²) in [5.74, 6) is -0.280. The van der Waals surface area contributed by atoms with E-state index in [1.54, 1.807) is 36.4 Å². The molecule has 0 aromatic heterocycles. The summed E-state index contributed by atoms with van der Waals surface area (Å²) in [6, 6.07) is 12.6. The van der Waals surface area contributed by atoms with Gasteiger partial charge in [-0.1, -0.05) is 42.7 Å². The minimum Gasteiger partial charge on any atom is -0.322 e. The van der Waals surface area contributed by atoms with Gasteiger partial charge in [0.2, 0.25) is 5.91 Å². The van der Waals surface area contributed by atoms with E-state index < -0.39 is 29.3 Å². The standard InChI is InChI=1S/C33H33ClFN5O2/c34-23-9-11-24(12-10-23)38-32(42)40-16-2-5-30(40)31(41)39-29-17-22(8-13-28(29)35)33(37,15-14-20-6-7-20)27-4-1-3-21(19-36)25-18-26(25)27/h1,3-4,8-13,17,20,26,30H,2,5-7,14-16,18,37H2,(H,38,42)(H,39,41)/t26?,30-,33?/m1/s1. The summed E-state index contributed by atoms with van der Waals surface area (Å²) in [4.78, 5) is 27.9. The van der Waals surface area contributed by atoms with Crippen molar-refractivity contribution in [2.24, 2.45) is 17.6 Å². The molecule has 0 bridgehead atoms. The molecule has 42 heavy (non-hydrogen) atoms. The minimum absolute atomic E-state index is 0.0396. The maximum Gasteiger partial charge on any atom is 0.322 e. The van der Waals surface area contributed by atoms with Crippen LogP contribution in [0, 0.1) is 29.0 Å². The van der Waals surface area contributed by atoms with E-state index in [1.807, 2.05) is 18.2 Å². The Morgan fingerprint density at radius 2 is 1.93 bits per heavy atom. The molecule has 2 saturated carbocycles. The van der Waals surface area contributed by atoms with Gasteiger partial charge < -0.3 is 21.3 Å². The molecule has 3 atom stereocenters. The molecule has 4 aliphatic rings. The fourth-order valence-electron chi connectivity index (χ4n) is 6.22. The molecule has 216 valence electrons. The molecule has 2 unspecified atom stereocenters. The summed E-state index contributed by atoms with van der Waals surface area (Å²) in [6.45, 7) is 0.413. The highest BCUT2D eigenvalue weighted by Gasteiger charge is 2.46. The number of fused-ring (bicyclic) bond motifs is 1. The summed E-state index contributed by atoms with van der Waals surface area (Å²) < 4.78 is 15.2. The van der Waals surface area contributed by atoms with E-state index in [2.05, 4.69) is 16.7 Å². The number of hydrogen-bond acceptors (Lipinski definition) is 4. The van der Waals surface area contributed by atoms with E-state index in [-0.39, 0.29) is 11.6 Å². The lowest BCUT2D eigenvalue weighted by Crippen LogP contribution is -2.45. The number of likely N-dealkylation sites (tertiary alicyclic amines) is 1. The van der Waals surface area contributed by atoms with Gasteiger partial charge in [-0.3, -0.25) is 4.79 Å². The van der Waals surface area contributed by atoms with Crippen LogP contribution >= 0.6 is 11.6 Å². The van der Waals surface area contributed by atoms with E-state index >= 15 is 4.39 Å². The molecule has 2 aromatic rings. The Bertz CT molecular complexity index is 1560. The molecule has 0 radical (unpaired) electrons. The molecule has 4 N–H and O–H groups in total. The number of benzene rings is 2. The Labute approximate surface area is 249 Å². The van der Waals surface area contributed by atoms with Crippen molar-refractivity contribution in [1.82, 2.24) is 4.90 Å². The van der Waals surface area contributed by atoms with Crippen LogP contribution in [0.3, 0.4) is 0 Å². The Morgan fingerprint density at radius 3 is 2.67 bits per heavy atom. The molecule has 2 aromatic carbocycles. The maximum atomic E-state index is 15.2. The Hall–Kier alpha value is -3.93. The van der Waals surface area contributed by atoms with Crippen molar-refractivity contribution in [2.75, 3.05) is 17.2 Å². The van der Waals surface area contributed by atoms with Crippen LogP contribution in [-0.4, -0.2) is 29.4 Å². The third-order valence-electron chi connectivity index (χ3n) is 8.88. The Balaban J connectivity index is 1.23. The summed E-state index contributed by atoms with van der Waals surface area (Å²) in [7, 11) is 0. The van der Waals surface area contributed by atoms with E-state index in [1.165, 1.54) is 23.8 Å². The number of allylic oxidation sites excluding steroid dienone is 5. The van der Waals surface area contributed by atoms with Crippen molar-refractivity contribution >= 4 is 34.9 Å². The summed E-state index contributed by atoms with van der Waals surface area (Å²) in [5.41, 5.74) is 10.5. The molecule has 3 fully saturated rings. The van der Waals surface area contributed by atoms with Crippen LogP contribution in [0.15, 0.2) is 77.4 Å². The zero-order valence-electron chi connectivity index (χ0n) is 23.2. The molecule has 6 rings (SSSR count). The third kappa shape index (κ3) is 5.72. The number of rotatable bonds is 8. The van der Waals surface area contributed by atoms with Crippen molar-refractivity contribution in [1.29, 1.82) is 5.26 Å². The lowest BCUT2D eigenvalue weighted by Gasteiger charge is -2.34. The van der Waals surface area contributed by atoms with Gasteiger partial charge in [0.25, 0.3) is 0 Å². The summed E-state index contributed by atoms with van der Waals surface area (Å²) >= 11 is 5.94. The highest BCUT2D eigenvalue weighted by atomic mass is 35.5. The third-order valence-corrected chi connectivity index (χ3v) is 9.13. The number of nitrogens with zero attached hydrogens (tertiary/aromatic N) is 2. The van der Waals surface area contributed by atoms with E-state index in [9.17, 15) is 14.9 Å². The summed E-state index contributed by atoms with van der Waals surface area (Å²) in [5, 5.41) is 15.7. The molecule has 3 amide bonds. The van der Waals surface area contributed by atoms with Gasteiger partial charge >= 0.3 is 6.03 Å². The van der Waals surface area contributed by atoms with Gasteiger partial charge in [0.15, 0.2) is 0 Å². The molecular formula is C33H33ClFN5O2. The fourth-order valence-corrected chi connectivity index (χ4v) is 6.34. The average Bonchev–Trinajstić information content (AvgIpc) is 3.90. The first-order chi connectivity index (χ1) is 20.3. The van der Waals surface area contributed by atoms with Crippen LogP contribution < -0.4 is 16.4 Å². The number of anilines is 2. The normalized spacial score (nSPS) is 22.4. The molecular weight excluding hydrogens is 553 g/mol. The predicted molar refractivity (Wildman–Crippen MR) is 161 cm³/mol. The zero-order valence-corrected chi connectivity index (χ0v) is 24.0. The summed E-state index contributed by atoms with van der Waals surface area (Å²) in [6.07, 6.45) is 11.7. The maximum absolute atomic E-state index is 15.2. The number of amides is 3. The second kappa shape index (κ2) is 11.4. The second-order valence-electron chi connectivity index (χ2n) is 11.7. The van der Waals surface area contributed by atoms with Crippen LogP contribution in [-0.2, 0) is 10.3 Å². The zero-order chi connectivity index (χ0) is 29.4. The number of carbonyl (C=O) groups is 2. The average molecular weight is 586 g/mol. The Kier molecular flexibility index (Phi) is 7.65. The van der Waals surface area contributed by atoms with Gasteiger partial charge in [0.05, 0.1) is 22.9 Å². The van der Waals surface area contributed by atoms with E-state index in [0.29, 0.717) is 48.0 Å². The number of nitriles is 1. The van der Waals surface area contributed by atoms with Crippen molar-refractivity contribution in [3.63, 3.8) is 0 Å². The van der Waals surface area contributed by atoms with Crippen molar-refractivity contribution in [2.45, 2.75) is 56.5 Å². The van der Waals surface area contributed by atoms with Gasteiger partial charge in [-0.25, -0.2) is 9.18 Å². The van der Waals surface area contributed by atoms with Gasteiger partial charge in [-0.05, 0) is 97.2 Å². The van der Waals surface area contributed by atoms with Crippen LogP contribution in [0.1, 0.15) is 50.5 Å². The lowest BCUT2D eigenvalue weighted by atomic mass is 9.76. The number of halogens is 2. The quantitative estimate of drug-likeness (QED) is 0.316. The highest BCUT2D eigenvalue weighted by Crippen LogP contribution is 2.54. The van der Waals surface area contributed by atoms with Crippen LogP contribution in [0.2, 0.25) is 5.02 Å². The SMILES string of the molecule is N#CC1=C2CC2C(C(N)(CCC2CC2)c2ccc(F)c(NC(=O)[C@H]3CCCN3C(=O)Nc3ccc(Cl)cc3)c2)=CC=C1.